The molecule has 1 aromatic heterocycles. The summed E-state index contributed by atoms with van der Waals surface area (Å²) < 4.78 is 0. The van der Waals surface area contributed by atoms with Crippen molar-refractivity contribution >= 4 is 5.97 Å². The van der Waals surface area contributed by atoms with Crippen molar-refractivity contribution in [2.45, 2.75) is 38.6 Å². The Morgan fingerprint density at radius 3 is 3.07 bits per heavy atom. The molecule has 0 spiro atoms. The highest BCUT2D eigenvalue weighted by molar-refractivity contribution is 5.67. The summed E-state index contributed by atoms with van der Waals surface area (Å²) in [5, 5.41) is 8.58. The van der Waals surface area contributed by atoms with Crippen LogP contribution in [0.5, 0.6) is 0 Å². The lowest BCUT2D eigenvalue weighted by Gasteiger charge is -2.04. The number of aryl methyl sites for hydroxylation is 1. The number of H-pyrrole nitrogens is 1. The average Bonchev–Trinajstić information content (AvgIpc) is 2.62. The van der Waals surface area contributed by atoms with Crippen molar-refractivity contribution in [3.05, 3.63) is 17.7 Å². The molecular weight excluding hydrogens is 194 g/mol. The van der Waals surface area contributed by atoms with Crippen LogP contribution in [-0.2, 0) is 11.2 Å². The largest absolute Gasteiger partial charge is 0.481 e. The minimum Gasteiger partial charge on any atom is -0.481 e. The van der Waals surface area contributed by atoms with Gasteiger partial charge in [-0.15, -0.1) is 0 Å². The summed E-state index contributed by atoms with van der Waals surface area (Å²) in [6.07, 6.45) is 4.61. The number of hydrogen-bond donors (Lipinski definition) is 3. The van der Waals surface area contributed by atoms with Crippen LogP contribution in [0.2, 0.25) is 0 Å². The van der Waals surface area contributed by atoms with Crippen molar-refractivity contribution in [1.29, 1.82) is 0 Å². The first-order chi connectivity index (χ1) is 7.13. The van der Waals surface area contributed by atoms with Gasteiger partial charge in [-0.05, 0) is 6.42 Å². The van der Waals surface area contributed by atoms with E-state index >= 15 is 0 Å². The monoisotopic (exact) mass is 211 g/mol. The molecule has 1 aromatic rings. The Balaban J connectivity index is 2.54. The first-order valence-electron chi connectivity index (χ1n) is 5.14. The third kappa shape index (κ3) is 3.71. The van der Waals surface area contributed by atoms with E-state index in [1.807, 2.05) is 0 Å². The van der Waals surface area contributed by atoms with Crippen LogP contribution < -0.4 is 5.73 Å². The van der Waals surface area contributed by atoms with Crippen molar-refractivity contribution in [2.24, 2.45) is 5.73 Å². The molecule has 4 N–H and O–H groups in total. The Morgan fingerprint density at radius 1 is 1.73 bits per heavy atom. The molecule has 0 aromatic carbocycles. The standard InChI is InChI=1S/C10H17N3O2/c1-2-3-4-9-12-6-8(13-9)7(11)5-10(14)15/h6-7H,2-5,11H2,1H3,(H,12,13)(H,14,15). The maximum atomic E-state index is 10.4. The van der Waals surface area contributed by atoms with E-state index in [0.29, 0.717) is 5.69 Å². The van der Waals surface area contributed by atoms with Crippen LogP contribution in [0.3, 0.4) is 0 Å². The fourth-order valence-electron chi connectivity index (χ4n) is 1.34. The highest BCUT2D eigenvalue weighted by Crippen LogP contribution is 2.12. The molecule has 0 fully saturated rings. The van der Waals surface area contributed by atoms with Crippen LogP contribution in [0, 0.1) is 0 Å². The predicted molar refractivity (Wildman–Crippen MR) is 56.4 cm³/mol. The first kappa shape index (κ1) is 11.7. The molecule has 1 unspecified atom stereocenters. The van der Waals surface area contributed by atoms with Crippen LogP contribution in [-0.4, -0.2) is 21.0 Å². The van der Waals surface area contributed by atoms with Crippen LogP contribution in [0.1, 0.15) is 43.7 Å². The van der Waals surface area contributed by atoms with E-state index in [1.165, 1.54) is 0 Å². The zero-order valence-electron chi connectivity index (χ0n) is 8.86. The molecule has 0 aliphatic rings. The van der Waals surface area contributed by atoms with Crippen LogP contribution in [0.15, 0.2) is 6.20 Å². The number of nitrogens with two attached hydrogens (primary N) is 1. The van der Waals surface area contributed by atoms with Gasteiger partial charge in [0.25, 0.3) is 0 Å². The maximum absolute atomic E-state index is 10.4. The Morgan fingerprint density at radius 2 is 2.47 bits per heavy atom. The Labute approximate surface area is 88.7 Å². The Hall–Kier alpha value is -1.36. The van der Waals surface area contributed by atoms with Gasteiger partial charge in [-0.3, -0.25) is 4.79 Å². The van der Waals surface area contributed by atoms with E-state index in [1.54, 1.807) is 6.20 Å². The molecule has 15 heavy (non-hydrogen) atoms. The molecule has 1 atom stereocenters. The van der Waals surface area contributed by atoms with Gasteiger partial charge in [-0.2, -0.15) is 0 Å². The van der Waals surface area contributed by atoms with E-state index in [4.69, 9.17) is 10.8 Å². The molecule has 1 heterocycles. The summed E-state index contributed by atoms with van der Waals surface area (Å²) >= 11 is 0. The lowest BCUT2D eigenvalue weighted by Crippen LogP contribution is -2.15. The highest BCUT2D eigenvalue weighted by atomic mass is 16.4. The number of rotatable bonds is 6. The quantitative estimate of drug-likeness (QED) is 0.659. The van der Waals surface area contributed by atoms with Gasteiger partial charge in [0.2, 0.25) is 0 Å². The van der Waals surface area contributed by atoms with Gasteiger partial charge in [0.05, 0.1) is 18.2 Å². The molecule has 5 nitrogen and oxygen atoms in total. The second kappa shape index (κ2) is 5.50. The number of nitrogens with one attached hydrogen (secondary N) is 1. The maximum Gasteiger partial charge on any atom is 0.305 e. The van der Waals surface area contributed by atoms with Crippen molar-refractivity contribution in [2.75, 3.05) is 0 Å². The van der Waals surface area contributed by atoms with Crippen molar-refractivity contribution in [3.8, 4) is 0 Å². The number of carboxylic acid groups (broad SMARTS) is 1. The van der Waals surface area contributed by atoms with Crippen molar-refractivity contribution in [3.63, 3.8) is 0 Å². The minimum atomic E-state index is -0.896. The van der Waals surface area contributed by atoms with Crippen molar-refractivity contribution in [1.82, 2.24) is 9.97 Å². The zero-order valence-corrected chi connectivity index (χ0v) is 8.86. The average molecular weight is 211 g/mol. The van der Waals surface area contributed by atoms with E-state index in [2.05, 4.69) is 16.9 Å². The second-order valence-electron chi connectivity index (χ2n) is 3.59. The molecule has 0 bridgehead atoms. The number of imidazole rings is 1. The number of aliphatic carboxylic acids is 1. The molecule has 0 aliphatic carbocycles. The van der Waals surface area contributed by atoms with Gasteiger partial charge >= 0.3 is 5.97 Å². The zero-order chi connectivity index (χ0) is 11.3. The third-order valence-corrected chi connectivity index (χ3v) is 2.21. The SMILES string of the molecule is CCCCc1ncc(C(N)CC(=O)O)[nH]1. The summed E-state index contributed by atoms with van der Waals surface area (Å²) in [4.78, 5) is 17.7. The van der Waals surface area contributed by atoms with Gasteiger partial charge < -0.3 is 15.8 Å². The van der Waals surface area contributed by atoms with Crippen LogP contribution in [0.4, 0.5) is 0 Å². The van der Waals surface area contributed by atoms with Gasteiger partial charge in [0, 0.05) is 12.6 Å². The smallest absolute Gasteiger partial charge is 0.305 e. The number of carbonyl (C=O) groups is 1. The summed E-state index contributed by atoms with van der Waals surface area (Å²) in [7, 11) is 0. The fraction of sp³-hybridized carbons (Fsp3) is 0.600. The lowest BCUT2D eigenvalue weighted by molar-refractivity contribution is -0.137. The molecule has 84 valence electrons. The summed E-state index contributed by atoms with van der Waals surface area (Å²) in [5.74, 6) is -0.0140. The van der Waals surface area contributed by atoms with Gasteiger partial charge in [0.15, 0.2) is 0 Å². The molecule has 0 aliphatic heterocycles. The normalized spacial score (nSPS) is 12.7. The Bertz CT molecular complexity index is 322. The summed E-state index contributed by atoms with van der Waals surface area (Å²) in [5.41, 5.74) is 6.38. The van der Waals surface area contributed by atoms with Gasteiger partial charge in [-0.1, -0.05) is 13.3 Å². The molecule has 0 radical (unpaired) electrons. The minimum absolute atomic E-state index is 0.0740. The van der Waals surface area contributed by atoms with Crippen LogP contribution in [0.25, 0.3) is 0 Å². The topological polar surface area (TPSA) is 92.0 Å². The second-order valence-corrected chi connectivity index (χ2v) is 3.59. The van der Waals surface area contributed by atoms with E-state index in [0.717, 1.165) is 25.1 Å². The number of unbranched alkanes of at least 4 members (excludes halogenated alkanes) is 1. The van der Waals surface area contributed by atoms with Gasteiger partial charge in [-0.25, -0.2) is 4.98 Å². The fourth-order valence-corrected chi connectivity index (χ4v) is 1.34. The number of nitrogens with zero attached hydrogens (tertiary/aromatic N) is 1. The molecule has 0 amide bonds. The van der Waals surface area contributed by atoms with Gasteiger partial charge in [0.1, 0.15) is 5.82 Å². The third-order valence-electron chi connectivity index (χ3n) is 2.21. The number of carboxylic acids is 1. The molecule has 5 heteroatoms. The molecule has 0 saturated heterocycles. The summed E-state index contributed by atoms with van der Waals surface area (Å²) in [6.45, 7) is 2.11. The highest BCUT2D eigenvalue weighted by Gasteiger charge is 2.12. The number of aromatic nitrogens is 2. The van der Waals surface area contributed by atoms with E-state index in [9.17, 15) is 4.79 Å². The van der Waals surface area contributed by atoms with E-state index in [-0.39, 0.29) is 6.42 Å². The number of aromatic amines is 1. The summed E-state index contributed by atoms with van der Waals surface area (Å²) in [6, 6.07) is -0.495. The molecule has 0 saturated carbocycles. The van der Waals surface area contributed by atoms with Crippen molar-refractivity contribution < 1.29 is 9.90 Å². The molecule has 1 rings (SSSR count). The predicted octanol–water partition coefficient (Wildman–Crippen LogP) is 1.23. The lowest BCUT2D eigenvalue weighted by atomic mass is 10.2. The molecular formula is C10H17N3O2. The number of hydrogen-bond acceptors (Lipinski definition) is 3. The van der Waals surface area contributed by atoms with E-state index < -0.39 is 12.0 Å². The van der Waals surface area contributed by atoms with Crippen LogP contribution >= 0.6 is 0 Å². The Kier molecular flexibility index (Phi) is 4.30. The first-order valence-corrected chi connectivity index (χ1v) is 5.14.